The highest BCUT2D eigenvalue weighted by molar-refractivity contribution is 7.00. The van der Waals surface area contributed by atoms with Crippen molar-refractivity contribution < 1.29 is 0 Å². The summed E-state index contributed by atoms with van der Waals surface area (Å²) < 4.78 is 5.38. The Kier molecular flexibility index (Phi) is 14.0. The van der Waals surface area contributed by atoms with E-state index >= 15 is 0 Å². The summed E-state index contributed by atoms with van der Waals surface area (Å²) in [5, 5.41) is 5.97. The van der Waals surface area contributed by atoms with Crippen LogP contribution in [0.15, 0.2) is 273 Å². The summed E-state index contributed by atoms with van der Waals surface area (Å²) in [6.07, 6.45) is 0. The molecule has 0 spiro atoms. The predicted molar refractivity (Wildman–Crippen MR) is 431 cm³/mol. The second-order valence-corrected chi connectivity index (χ2v) is 32.6. The standard InChI is InChI=1S/C96H81BN4/c1-93(2,3)68-46-65(47-69(56-68)94(4,5)6)72-42-44-77-90-86(72)84-75(60-34-22-15-23-35-60)50-63(58-30-18-13-19-31-58)52-80(84)100(90)82-54-67(92-98-79-41-29-28-40-74(79)89(99-92)62-38-26-17-27-39-62)55-83-88(82)97(77)78-45-43-73(66-48-70(95(7,8)9)57-71(49-66)96(10,11)12)87-85-76(61-36-24-16-25-37-61)51-64(59-32-20-14-21-33-59)53-81(85)101(83)91(78)87/h13-57H,1-12H3. The van der Waals surface area contributed by atoms with Crippen molar-refractivity contribution in [3.63, 3.8) is 0 Å². The predicted octanol–water partition coefficient (Wildman–Crippen LogP) is 23.5. The number of hydrogen-bond donors (Lipinski definition) is 0. The molecule has 4 nitrogen and oxygen atoms in total. The summed E-state index contributed by atoms with van der Waals surface area (Å²) in [6, 6.07) is 103. The van der Waals surface area contributed by atoms with Gasteiger partial charge in [0.2, 0.25) is 0 Å². The average Bonchev–Trinajstić information content (AvgIpc) is 1.53. The van der Waals surface area contributed by atoms with Crippen LogP contribution in [0.25, 0.3) is 155 Å². The number of hydrogen-bond acceptors (Lipinski definition) is 2. The van der Waals surface area contributed by atoms with E-state index in [1.54, 1.807) is 0 Å². The molecule has 2 aliphatic rings. The van der Waals surface area contributed by atoms with E-state index in [1.165, 1.54) is 116 Å². The first-order valence-corrected chi connectivity index (χ1v) is 36.0. The fraction of sp³-hybridized carbons (Fsp3) is 0.167. The van der Waals surface area contributed by atoms with Gasteiger partial charge in [0.15, 0.2) is 5.82 Å². The number of benzene rings is 13. The zero-order chi connectivity index (χ0) is 69.2. The quantitative estimate of drug-likeness (QED) is 0.142. The maximum absolute atomic E-state index is 5.79. The van der Waals surface area contributed by atoms with Crippen molar-refractivity contribution in [1.82, 2.24) is 19.1 Å². The lowest BCUT2D eigenvalue weighted by Gasteiger charge is -2.34. The molecule has 0 amide bonds. The Morgan fingerprint density at radius 2 is 0.644 bits per heavy atom. The van der Waals surface area contributed by atoms with Gasteiger partial charge in [0.25, 0.3) is 6.71 Å². The first kappa shape index (κ1) is 62.1. The molecule has 0 saturated heterocycles. The van der Waals surface area contributed by atoms with Crippen LogP contribution < -0.4 is 16.4 Å². The molecule has 0 atom stereocenters. The molecular weight excluding hydrogens is 1220 g/mol. The van der Waals surface area contributed by atoms with E-state index in [9.17, 15) is 0 Å². The molecule has 0 radical (unpaired) electrons. The smallest absolute Gasteiger partial charge is 0.252 e. The van der Waals surface area contributed by atoms with Gasteiger partial charge in [0, 0.05) is 49.4 Å². The second-order valence-electron chi connectivity index (χ2n) is 32.6. The van der Waals surface area contributed by atoms with Crippen molar-refractivity contribution in [2.75, 3.05) is 0 Å². The molecule has 0 unspecified atom stereocenters. The molecule has 101 heavy (non-hydrogen) atoms. The van der Waals surface area contributed by atoms with Gasteiger partial charge in [0.05, 0.1) is 33.3 Å². The van der Waals surface area contributed by atoms with E-state index in [0.717, 1.165) is 72.4 Å². The topological polar surface area (TPSA) is 35.6 Å². The third-order valence-corrected chi connectivity index (χ3v) is 21.9. The van der Waals surface area contributed by atoms with E-state index in [1.807, 2.05) is 0 Å². The van der Waals surface area contributed by atoms with Gasteiger partial charge in [-0.15, -0.1) is 0 Å². The summed E-state index contributed by atoms with van der Waals surface area (Å²) >= 11 is 0. The van der Waals surface area contributed by atoms with Crippen molar-refractivity contribution >= 4 is 77.6 Å². The highest BCUT2D eigenvalue weighted by Gasteiger charge is 2.44. The van der Waals surface area contributed by atoms with Gasteiger partial charge < -0.3 is 9.13 Å². The maximum Gasteiger partial charge on any atom is 0.252 e. The molecule has 0 saturated carbocycles. The molecule has 18 rings (SSSR count). The van der Waals surface area contributed by atoms with Crippen LogP contribution in [0.2, 0.25) is 0 Å². The van der Waals surface area contributed by atoms with Crippen molar-refractivity contribution in [2.24, 2.45) is 0 Å². The number of nitrogens with zero attached hydrogens (tertiary/aromatic N) is 4. The molecule has 13 aromatic carbocycles. The van der Waals surface area contributed by atoms with Crippen LogP contribution in [-0.2, 0) is 21.7 Å². The third-order valence-electron chi connectivity index (χ3n) is 21.9. The minimum Gasteiger partial charge on any atom is -0.310 e. The fourth-order valence-corrected chi connectivity index (χ4v) is 16.5. The molecule has 488 valence electrons. The lowest BCUT2D eigenvalue weighted by Crippen LogP contribution is -2.59. The Morgan fingerprint density at radius 1 is 0.277 bits per heavy atom. The monoisotopic (exact) mass is 1300 g/mol. The Labute approximate surface area is 593 Å². The number of fused-ring (bicyclic) bond motifs is 11. The highest BCUT2D eigenvalue weighted by Crippen LogP contribution is 2.52. The van der Waals surface area contributed by atoms with Gasteiger partial charge in [-0.25, -0.2) is 9.97 Å². The largest absolute Gasteiger partial charge is 0.310 e. The first-order valence-electron chi connectivity index (χ1n) is 36.0. The Bertz CT molecular complexity index is 5700. The van der Waals surface area contributed by atoms with Crippen LogP contribution >= 0.6 is 0 Å². The summed E-state index contributed by atoms with van der Waals surface area (Å²) in [5.41, 5.74) is 33.7. The summed E-state index contributed by atoms with van der Waals surface area (Å²) in [7, 11) is 0. The molecule has 0 fully saturated rings. The van der Waals surface area contributed by atoms with E-state index in [2.05, 4.69) is 365 Å². The summed E-state index contributed by atoms with van der Waals surface area (Å²) in [5.74, 6) is 0.671. The molecular formula is C96H81BN4. The van der Waals surface area contributed by atoms with Gasteiger partial charge in [0.1, 0.15) is 0 Å². The second kappa shape index (κ2) is 22.7. The Morgan fingerprint density at radius 3 is 1.04 bits per heavy atom. The third kappa shape index (κ3) is 10.1. The Hall–Kier alpha value is -11.1. The van der Waals surface area contributed by atoms with Crippen LogP contribution in [0.3, 0.4) is 0 Å². The minimum atomic E-state index is -0.215. The van der Waals surface area contributed by atoms with Crippen LogP contribution in [0, 0.1) is 0 Å². The first-order chi connectivity index (χ1) is 48.6. The van der Waals surface area contributed by atoms with E-state index in [4.69, 9.17) is 9.97 Å². The molecule has 5 heterocycles. The van der Waals surface area contributed by atoms with Gasteiger partial charge in [-0.2, -0.15) is 0 Å². The van der Waals surface area contributed by atoms with Crippen molar-refractivity contribution in [1.29, 1.82) is 0 Å². The molecule has 16 aromatic rings. The minimum absolute atomic E-state index is 0.117. The number of para-hydroxylation sites is 1. The molecule has 3 aromatic heterocycles. The van der Waals surface area contributed by atoms with Gasteiger partial charge in [-0.3, -0.25) is 0 Å². The number of aromatic nitrogens is 4. The zero-order valence-corrected chi connectivity index (χ0v) is 59.8. The van der Waals surface area contributed by atoms with Gasteiger partial charge in [-0.05, 0) is 170 Å². The van der Waals surface area contributed by atoms with Crippen molar-refractivity contribution in [3.05, 3.63) is 295 Å². The lowest BCUT2D eigenvalue weighted by atomic mass is 9.34. The molecule has 2 aliphatic heterocycles. The maximum atomic E-state index is 5.79. The Balaban J connectivity index is 1.08. The highest BCUT2D eigenvalue weighted by atomic mass is 15.0. The molecule has 5 heteroatoms. The van der Waals surface area contributed by atoms with Crippen LogP contribution in [-0.4, -0.2) is 25.8 Å². The van der Waals surface area contributed by atoms with Crippen LogP contribution in [0.4, 0.5) is 0 Å². The van der Waals surface area contributed by atoms with E-state index in [0.29, 0.717) is 5.82 Å². The fourth-order valence-electron chi connectivity index (χ4n) is 16.5. The zero-order valence-electron chi connectivity index (χ0n) is 59.8. The summed E-state index contributed by atoms with van der Waals surface area (Å²) in [4.78, 5) is 11.5. The number of rotatable bonds is 8. The van der Waals surface area contributed by atoms with Crippen LogP contribution in [0.1, 0.15) is 105 Å². The van der Waals surface area contributed by atoms with Crippen LogP contribution in [0.5, 0.6) is 0 Å². The van der Waals surface area contributed by atoms with E-state index < -0.39 is 0 Å². The summed E-state index contributed by atoms with van der Waals surface area (Å²) in [6.45, 7) is 28.1. The molecule has 0 aliphatic carbocycles. The molecule has 0 bridgehead atoms. The average molecular weight is 1300 g/mol. The van der Waals surface area contributed by atoms with Gasteiger partial charge in [-0.1, -0.05) is 314 Å². The molecule has 0 N–H and O–H groups in total. The van der Waals surface area contributed by atoms with E-state index in [-0.39, 0.29) is 28.4 Å². The van der Waals surface area contributed by atoms with Crippen molar-refractivity contribution in [2.45, 2.75) is 105 Å². The SMILES string of the molecule is CC(C)(C)c1cc(-c2ccc3c4c2c2c(-c5ccccc5)cc(-c5ccccc5)cc2n4-c2cc(-c4nc(-c5ccccc5)c5ccccc5n4)cc4c2B3c2ccc(-c3cc(C(C)(C)C)cc(C(C)(C)C)c3)c3c5c(-c6ccccc6)cc(-c6ccccc6)cc5n-4c23)cc(C(C)(C)C)c1. The van der Waals surface area contributed by atoms with Gasteiger partial charge >= 0.3 is 0 Å². The van der Waals surface area contributed by atoms with Crippen molar-refractivity contribution in [3.8, 4) is 101 Å². The normalized spacial score (nSPS) is 12.9. The lowest BCUT2D eigenvalue weighted by molar-refractivity contribution is 0.568.